The first-order valence-electron chi connectivity index (χ1n) is 19.7. The number of carboxylic acid groups (broad SMARTS) is 1. The van der Waals surface area contributed by atoms with Crippen LogP contribution in [0.25, 0.3) is 0 Å². The summed E-state index contributed by atoms with van der Waals surface area (Å²) in [4.78, 5) is 67.6. The van der Waals surface area contributed by atoms with Gasteiger partial charge in [-0.25, -0.2) is 0 Å². The van der Waals surface area contributed by atoms with Crippen molar-refractivity contribution < 1.29 is 29.1 Å². The third-order valence-corrected chi connectivity index (χ3v) is 15.1. The summed E-state index contributed by atoms with van der Waals surface area (Å²) in [6, 6.07) is 11.1. The molecular weight excluding hydrogens is 683 g/mol. The van der Waals surface area contributed by atoms with E-state index in [4.69, 9.17) is 16.6 Å². The van der Waals surface area contributed by atoms with Crippen LogP contribution in [0.4, 0.5) is 11.4 Å². The average molecular weight is 742 g/mol. The number of carbonyl (C=O) groups excluding carboxylic acids is 4. The number of nitrogens with one attached hydrogen (secondary N) is 2. The van der Waals surface area contributed by atoms with Crippen LogP contribution in [0.5, 0.6) is 0 Å². The van der Waals surface area contributed by atoms with Crippen molar-refractivity contribution in [1.29, 1.82) is 0 Å². The van der Waals surface area contributed by atoms with E-state index in [-0.39, 0.29) is 53.9 Å². The summed E-state index contributed by atoms with van der Waals surface area (Å²) in [5.74, 6) is -1.95. The number of rotatable bonds is 9. The lowest BCUT2D eigenvalue weighted by molar-refractivity contribution is -0.171. The molecule has 4 amide bonds. The Hall–Kier alpha value is -4.09. The lowest BCUT2D eigenvalue weighted by Gasteiger charge is -2.63. The molecule has 11 heteroatoms. The van der Waals surface area contributed by atoms with Crippen LogP contribution in [-0.4, -0.2) is 59.2 Å². The average Bonchev–Trinajstić information content (AvgIpc) is 3.14. The number of carbonyl (C=O) groups is 5. The predicted molar refractivity (Wildman–Crippen MR) is 209 cm³/mol. The normalized spacial score (nSPS) is 31.7. The van der Waals surface area contributed by atoms with E-state index in [9.17, 15) is 14.4 Å². The molecule has 0 saturated heterocycles. The van der Waals surface area contributed by atoms with Gasteiger partial charge < -0.3 is 27.2 Å². The molecule has 0 bridgehead atoms. The lowest BCUT2D eigenvalue weighted by Crippen LogP contribution is -2.64. The first-order valence-corrected chi connectivity index (χ1v) is 19.7. The van der Waals surface area contributed by atoms with Crippen molar-refractivity contribution in [2.24, 2.45) is 33.6 Å². The number of amides is 4. The van der Waals surface area contributed by atoms with Gasteiger partial charge in [-0.3, -0.25) is 28.9 Å². The molecule has 0 unspecified atom stereocenters. The molecule has 54 heavy (non-hydrogen) atoms. The molecule has 6 rings (SSSR count). The lowest BCUT2D eigenvalue weighted by atomic mass is 9.41. The van der Waals surface area contributed by atoms with Gasteiger partial charge in [0.15, 0.2) is 0 Å². The molecule has 7 atom stereocenters. The number of aliphatic carboxylic acids is 1. The fraction of sp³-hybridized carbons (Fsp3) is 0.605. The molecule has 2 fully saturated rings. The quantitative estimate of drug-likeness (QED) is 0.199. The maximum atomic E-state index is 15.1. The fourth-order valence-corrected chi connectivity index (χ4v) is 11.5. The SMILES string of the molecule is CN(C(=O)[C@@]1(C)CCC[C@]2(C)c3cc(NC(=O)[C@@H](N)CCC(=O)O)ccc3CC[C@@H]12)C(=O)[C@@]1(C)CCC[C@]2(C)c3cc(NC(=O)CN)ccc3CC[C@@]12C. The zero-order chi connectivity index (χ0) is 39.4. The van der Waals surface area contributed by atoms with Gasteiger partial charge in [0, 0.05) is 24.8 Å². The third-order valence-electron chi connectivity index (χ3n) is 15.1. The molecule has 0 radical (unpaired) electrons. The number of carboxylic acids is 1. The van der Waals surface area contributed by atoms with Crippen LogP contribution in [0, 0.1) is 22.2 Å². The van der Waals surface area contributed by atoms with E-state index < -0.39 is 34.2 Å². The van der Waals surface area contributed by atoms with Crippen LogP contribution in [0.1, 0.15) is 121 Å². The largest absolute Gasteiger partial charge is 0.481 e. The van der Waals surface area contributed by atoms with Crippen molar-refractivity contribution in [3.63, 3.8) is 0 Å². The van der Waals surface area contributed by atoms with Crippen molar-refractivity contribution in [1.82, 2.24) is 4.90 Å². The summed E-state index contributed by atoms with van der Waals surface area (Å²) in [5, 5.41) is 14.8. The number of nitrogens with zero attached hydrogens (tertiary/aromatic N) is 1. The van der Waals surface area contributed by atoms with E-state index >= 15 is 9.59 Å². The molecule has 0 spiro atoms. The maximum absolute atomic E-state index is 15.1. The minimum atomic E-state index is -1.00. The van der Waals surface area contributed by atoms with Crippen molar-refractivity contribution in [2.45, 2.75) is 129 Å². The van der Waals surface area contributed by atoms with Gasteiger partial charge in [0.2, 0.25) is 23.6 Å². The zero-order valence-electron chi connectivity index (χ0n) is 32.9. The van der Waals surface area contributed by atoms with E-state index in [1.807, 2.05) is 24.3 Å². The highest BCUT2D eigenvalue weighted by atomic mass is 16.4. The van der Waals surface area contributed by atoms with Gasteiger partial charge in [0.05, 0.1) is 23.4 Å². The molecule has 2 aromatic carbocycles. The van der Waals surface area contributed by atoms with Gasteiger partial charge in [0.25, 0.3) is 0 Å². The zero-order valence-corrected chi connectivity index (χ0v) is 32.9. The Morgan fingerprint density at radius 1 is 0.833 bits per heavy atom. The monoisotopic (exact) mass is 741 g/mol. The summed E-state index contributed by atoms with van der Waals surface area (Å²) in [7, 11) is 1.69. The molecule has 11 nitrogen and oxygen atoms in total. The molecular formula is C43H59N5O6. The van der Waals surface area contributed by atoms with Crippen LogP contribution >= 0.6 is 0 Å². The Labute approximate surface area is 319 Å². The topological polar surface area (TPSA) is 185 Å². The number of benzene rings is 2. The standard InChI is InChI=1S/C43H59N5O6/c1-39-18-7-19-40(2,33(39)15-11-26-9-13-29(23-30(26)39)47-36(52)32(45)14-16-35(50)51)37(53)48(6)38(54)42(4)21-8-20-41(3)31-24-28(46-34(49)25-44)12-10-27(31)17-22-43(41,42)5/h9-10,12-13,23-24,32-33H,7-8,11,14-22,25,44-45H2,1-6H3,(H,46,49)(H,47,52)(H,50,51)/t32-,33+,39+,40-,41+,42+,43+/m0/s1. The van der Waals surface area contributed by atoms with Gasteiger partial charge >= 0.3 is 5.97 Å². The van der Waals surface area contributed by atoms with E-state index in [2.05, 4.69) is 57.4 Å². The number of hydrogen-bond donors (Lipinski definition) is 5. The van der Waals surface area contributed by atoms with Crippen molar-refractivity contribution in [3.8, 4) is 0 Å². The summed E-state index contributed by atoms with van der Waals surface area (Å²) in [6.07, 6.45) is 7.88. The molecule has 0 heterocycles. The Kier molecular flexibility index (Phi) is 10.4. The van der Waals surface area contributed by atoms with Crippen molar-refractivity contribution >= 4 is 41.0 Å². The minimum absolute atomic E-state index is 0.0264. The van der Waals surface area contributed by atoms with Crippen molar-refractivity contribution in [3.05, 3.63) is 58.7 Å². The van der Waals surface area contributed by atoms with Crippen LogP contribution in [0.15, 0.2) is 36.4 Å². The van der Waals surface area contributed by atoms with Crippen LogP contribution in [0.3, 0.4) is 0 Å². The van der Waals surface area contributed by atoms with Crippen LogP contribution in [-0.2, 0) is 47.6 Å². The summed E-state index contributed by atoms with van der Waals surface area (Å²) < 4.78 is 0. The van der Waals surface area contributed by atoms with Gasteiger partial charge in [-0.1, -0.05) is 59.6 Å². The fourth-order valence-electron chi connectivity index (χ4n) is 11.5. The predicted octanol–water partition coefficient (Wildman–Crippen LogP) is 5.81. The summed E-state index contributed by atoms with van der Waals surface area (Å²) in [5.41, 5.74) is 14.8. The number of hydrogen-bond acceptors (Lipinski definition) is 7. The smallest absolute Gasteiger partial charge is 0.303 e. The van der Waals surface area contributed by atoms with Crippen LogP contribution in [0.2, 0.25) is 0 Å². The third kappa shape index (κ3) is 6.25. The number of aryl methyl sites for hydroxylation is 2. The van der Waals surface area contributed by atoms with E-state index in [0.29, 0.717) is 24.2 Å². The van der Waals surface area contributed by atoms with E-state index in [0.717, 1.165) is 62.5 Å². The molecule has 2 aromatic rings. The first-order chi connectivity index (χ1) is 25.3. The highest BCUT2D eigenvalue weighted by Crippen LogP contribution is 2.66. The van der Waals surface area contributed by atoms with Gasteiger partial charge in [-0.05, 0) is 126 Å². The highest BCUT2D eigenvalue weighted by molar-refractivity contribution is 6.01. The first kappa shape index (κ1) is 39.6. The van der Waals surface area contributed by atoms with Gasteiger partial charge in [-0.2, -0.15) is 0 Å². The van der Waals surface area contributed by atoms with Gasteiger partial charge in [0.1, 0.15) is 0 Å². The molecule has 0 aromatic heterocycles. The number of nitrogens with two attached hydrogens (primary N) is 2. The number of anilines is 2. The van der Waals surface area contributed by atoms with Crippen molar-refractivity contribution in [2.75, 3.05) is 24.2 Å². The minimum Gasteiger partial charge on any atom is -0.481 e. The van der Waals surface area contributed by atoms with E-state index in [1.54, 1.807) is 7.05 Å². The molecule has 0 aliphatic heterocycles. The highest BCUT2D eigenvalue weighted by Gasteiger charge is 2.65. The second-order valence-corrected chi connectivity index (χ2v) is 17.8. The molecule has 2 saturated carbocycles. The molecule has 292 valence electrons. The van der Waals surface area contributed by atoms with Crippen LogP contribution < -0.4 is 22.1 Å². The Morgan fingerprint density at radius 2 is 1.46 bits per heavy atom. The summed E-state index contributed by atoms with van der Waals surface area (Å²) in [6.45, 7) is 10.8. The second kappa shape index (κ2) is 14.2. The Balaban J connectivity index is 1.26. The number of fused-ring (bicyclic) bond motifs is 6. The summed E-state index contributed by atoms with van der Waals surface area (Å²) >= 11 is 0. The Morgan fingerprint density at radius 3 is 2.13 bits per heavy atom. The molecule has 4 aliphatic carbocycles. The molecule has 4 aliphatic rings. The molecule has 7 N–H and O–H groups in total. The number of imide groups is 1. The van der Waals surface area contributed by atoms with E-state index in [1.165, 1.54) is 16.0 Å². The van der Waals surface area contributed by atoms with Gasteiger partial charge in [-0.15, -0.1) is 0 Å². The second-order valence-electron chi connectivity index (χ2n) is 17.8. The Bertz CT molecular complexity index is 1880. The maximum Gasteiger partial charge on any atom is 0.303 e.